The highest BCUT2D eigenvalue weighted by Crippen LogP contribution is 2.39. The number of rotatable bonds is 6. The van der Waals surface area contributed by atoms with Crippen LogP contribution in [0, 0.1) is 11.3 Å². The second-order valence-electron chi connectivity index (χ2n) is 6.69. The molecule has 0 saturated carbocycles. The molecule has 0 N–H and O–H groups in total. The van der Waals surface area contributed by atoms with Crippen molar-refractivity contribution >= 4 is 34.7 Å². The van der Waals surface area contributed by atoms with Gasteiger partial charge in [0.2, 0.25) is 5.91 Å². The lowest BCUT2D eigenvalue weighted by Crippen LogP contribution is -2.38. The molecular formula is C23H20N2O3S2. The first kappa shape index (κ1) is 20.2. The molecule has 3 aromatic rings. The van der Waals surface area contributed by atoms with Gasteiger partial charge in [-0.25, -0.2) is 0 Å². The maximum Gasteiger partial charge on any atom is 0.247 e. The van der Waals surface area contributed by atoms with Crippen molar-refractivity contribution in [3.8, 4) is 17.6 Å². The van der Waals surface area contributed by atoms with E-state index in [1.807, 2.05) is 23.1 Å². The average molecular weight is 437 g/mol. The van der Waals surface area contributed by atoms with Gasteiger partial charge in [0.1, 0.15) is 6.07 Å². The van der Waals surface area contributed by atoms with Crippen LogP contribution in [0.2, 0.25) is 0 Å². The Labute approximate surface area is 183 Å². The molecule has 5 nitrogen and oxygen atoms in total. The van der Waals surface area contributed by atoms with Crippen LogP contribution in [0.15, 0.2) is 53.2 Å². The third kappa shape index (κ3) is 4.11. The number of benzene rings is 1. The van der Waals surface area contributed by atoms with Crippen LogP contribution in [0.5, 0.6) is 11.5 Å². The number of nitrogens with zero attached hydrogens (tertiary/aromatic N) is 2. The van der Waals surface area contributed by atoms with Crippen molar-refractivity contribution in [1.82, 2.24) is 4.90 Å². The Balaban J connectivity index is 1.56. The van der Waals surface area contributed by atoms with E-state index in [2.05, 4.69) is 22.9 Å². The van der Waals surface area contributed by atoms with E-state index in [-0.39, 0.29) is 18.6 Å². The van der Waals surface area contributed by atoms with Gasteiger partial charge in [-0.1, -0.05) is 12.1 Å². The zero-order valence-electron chi connectivity index (χ0n) is 16.4. The van der Waals surface area contributed by atoms with Gasteiger partial charge < -0.3 is 14.4 Å². The number of thiophene rings is 2. The topological polar surface area (TPSA) is 62.6 Å². The van der Waals surface area contributed by atoms with Crippen LogP contribution in [0.25, 0.3) is 6.08 Å². The number of carbonyl (C=O) groups excluding carboxylic acids is 1. The lowest BCUT2D eigenvalue weighted by Gasteiger charge is -2.34. The highest BCUT2D eigenvalue weighted by molar-refractivity contribution is 7.10. The Morgan fingerprint density at radius 3 is 2.93 bits per heavy atom. The van der Waals surface area contributed by atoms with Crippen LogP contribution in [-0.4, -0.2) is 31.1 Å². The summed E-state index contributed by atoms with van der Waals surface area (Å²) in [5.74, 6) is 1.01. The largest absolute Gasteiger partial charge is 0.493 e. The van der Waals surface area contributed by atoms with Crippen molar-refractivity contribution in [1.29, 1.82) is 5.26 Å². The van der Waals surface area contributed by atoms with Gasteiger partial charge >= 0.3 is 0 Å². The van der Waals surface area contributed by atoms with Gasteiger partial charge in [0.15, 0.2) is 18.1 Å². The molecule has 0 fully saturated rings. The fourth-order valence-corrected chi connectivity index (χ4v) is 5.35. The van der Waals surface area contributed by atoms with Gasteiger partial charge in [-0.3, -0.25) is 4.79 Å². The maximum atomic E-state index is 13.1. The molecule has 0 radical (unpaired) electrons. The summed E-state index contributed by atoms with van der Waals surface area (Å²) in [6, 6.07) is 13.5. The van der Waals surface area contributed by atoms with E-state index >= 15 is 0 Å². The molecule has 0 saturated heterocycles. The third-order valence-corrected chi connectivity index (χ3v) is 6.88. The fraction of sp³-hybridized carbons (Fsp3) is 0.217. The lowest BCUT2D eigenvalue weighted by atomic mass is 9.98. The number of fused-ring (bicyclic) bond motifs is 1. The molecule has 1 aliphatic rings. The molecule has 0 bridgehead atoms. The van der Waals surface area contributed by atoms with Crippen molar-refractivity contribution in [2.45, 2.75) is 12.5 Å². The average Bonchev–Trinajstić information content (AvgIpc) is 3.47. The fourth-order valence-electron chi connectivity index (χ4n) is 3.59. The molecular weight excluding hydrogens is 416 g/mol. The molecule has 0 aliphatic carbocycles. The first-order chi connectivity index (χ1) is 14.7. The first-order valence-corrected chi connectivity index (χ1v) is 11.2. The van der Waals surface area contributed by atoms with E-state index in [1.54, 1.807) is 54.1 Å². The second kappa shape index (κ2) is 9.16. The predicted molar refractivity (Wildman–Crippen MR) is 119 cm³/mol. The number of methoxy groups -OCH3 is 1. The molecule has 1 amide bonds. The van der Waals surface area contributed by atoms with Crippen molar-refractivity contribution in [2.24, 2.45) is 0 Å². The predicted octanol–water partition coefficient (Wildman–Crippen LogP) is 4.91. The summed E-state index contributed by atoms with van der Waals surface area (Å²) in [5, 5.41) is 12.8. The minimum Gasteiger partial charge on any atom is -0.493 e. The van der Waals surface area contributed by atoms with E-state index in [9.17, 15) is 4.79 Å². The van der Waals surface area contributed by atoms with Crippen LogP contribution in [0.1, 0.15) is 26.9 Å². The minimum atomic E-state index is -0.0479. The zero-order chi connectivity index (χ0) is 20.9. The first-order valence-electron chi connectivity index (χ1n) is 9.47. The number of nitriles is 1. The van der Waals surface area contributed by atoms with Gasteiger partial charge in [-0.2, -0.15) is 5.26 Å². The maximum absolute atomic E-state index is 13.1. The van der Waals surface area contributed by atoms with Crippen LogP contribution in [0.3, 0.4) is 0 Å². The molecule has 1 unspecified atom stereocenters. The highest BCUT2D eigenvalue weighted by atomic mass is 32.1. The highest BCUT2D eigenvalue weighted by Gasteiger charge is 2.32. The van der Waals surface area contributed by atoms with Crippen LogP contribution < -0.4 is 9.47 Å². The van der Waals surface area contributed by atoms with Gasteiger partial charge in [-0.05, 0) is 58.6 Å². The van der Waals surface area contributed by atoms with E-state index in [0.29, 0.717) is 18.0 Å². The molecule has 7 heteroatoms. The minimum absolute atomic E-state index is 0.0194. The summed E-state index contributed by atoms with van der Waals surface area (Å²) >= 11 is 3.44. The van der Waals surface area contributed by atoms with Gasteiger partial charge in [0, 0.05) is 22.4 Å². The van der Waals surface area contributed by atoms with E-state index in [1.165, 1.54) is 15.3 Å². The number of ether oxygens (including phenoxy) is 2. The molecule has 0 spiro atoms. The number of hydrogen-bond acceptors (Lipinski definition) is 6. The smallest absolute Gasteiger partial charge is 0.247 e. The Bertz CT molecular complexity index is 1100. The Hall–Kier alpha value is -3.08. The van der Waals surface area contributed by atoms with E-state index in [0.717, 1.165) is 12.0 Å². The summed E-state index contributed by atoms with van der Waals surface area (Å²) < 4.78 is 10.7. The summed E-state index contributed by atoms with van der Waals surface area (Å²) in [7, 11) is 1.55. The monoisotopic (exact) mass is 436 g/mol. The molecule has 1 aliphatic heterocycles. The van der Waals surface area contributed by atoms with E-state index < -0.39 is 0 Å². The van der Waals surface area contributed by atoms with Crippen molar-refractivity contribution < 1.29 is 14.3 Å². The van der Waals surface area contributed by atoms with Gasteiger partial charge in [-0.15, -0.1) is 22.7 Å². The Morgan fingerprint density at radius 2 is 2.17 bits per heavy atom. The zero-order valence-corrected chi connectivity index (χ0v) is 18.0. The normalized spacial score (nSPS) is 15.6. The second-order valence-corrected chi connectivity index (χ2v) is 8.67. The lowest BCUT2D eigenvalue weighted by molar-refractivity contribution is -0.127. The van der Waals surface area contributed by atoms with Crippen molar-refractivity contribution in [3.63, 3.8) is 0 Å². The summed E-state index contributed by atoms with van der Waals surface area (Å²) in [6.07, 6.45) is 4.28. The van der Waals surface area contributed by atoms with Crippen molar-refractivity contribution in [2.75, 3.05) is 20.3 Å². The Kier molecular flexibility index (Phi) is 6.17. The Morgan fingerprint density at radius 1 is 1.27 bits per heavy atom. The molecule has 30 heavy (non-hydrogen) atoms. The molecule has 2 aromatic heterocycles. The molecule has 3 heterocycles. The van der Waals surface area contributed by atoms with Gasteiger partial charge in [0.25, 0.3) is 0 Å². The third-order valence-electron chi connectivity index (χ3n) is 4.96. The molecule has 1 aromatic carbocycles. The van der Waals surface area contributed by atoms with Crippen LogP contribution in [0.4, 0.5) is 0 Å². The van der Waals surface area contributed by atoms with E-state index in [4.69, 9.17) is 14.7 Å². The quantitative estimate of drug-likeness (QED) is 0.515. The number of carbonyl (C=O) groups is 1. The summed E-state index contributed by atoms with van der Waals surface area (Å²) in [6.45, 7) is 0.650. The molecule has 152 valence electrons. The number of amides is 1. The van der Waals surface area contributed by atoms with Crippen molar-refractivity contribution in [3.05, 3.63) is 74.1 Å². The molecule has 1 atom stereocenters. The molecule has 4 rings (SSSR count). The SMILES string of the molecule is COc1cc(C=CC(=O)N2CCc3sccc3C2c2cccs2)ccc1OCC#N. The summed E-state index contributed by atoms with van der Waals surface area (Å²) in [4.78, 5) is 17.6. The van der Waals surface area contributed by atoms with Crippen LogP contribution >= 0.6 is 22.7 Å². The summed E-state index contributed by atoms with van der Waals surface area (Å²) in [5.41, 5.74) is 2.06. The standard InChI is InChI=1S/C23H20N2O3S2/c1-27-19-15-16(4-6-18(19)28-12-10-24)5-7-22(26)25-11-8-20-17(9-14-30-20)23(25)21-3-2-13-29-21/h2-7,9,13-15,23H,8,11-12H2,1H3. The van der Waals surface area contributed by atoms with Gasteiger partial charge in [0.05, 0.1) is 13.2 Å². The van der Waals surface area contributed by atoms with Crippen LogP contribution in [-0.2, 0) is 11.2 Å². The number of hydrogen-bond donors (Lipinski definition) is 0.